The molecule has 4 nitrogen and oxygen atoms in total. The van der Waals surface area contributed by atoms with Gasteiger partial charge in [0.25, 0.3) is 0 Å². The zero-order valence-corrected chi connectivity index (χ0v) is 12.8. The Bertz CT molecular complexity index is 557. The Morgan fingerprint density at radius 1 is 1.65 bits per heavy atom. The van der Waals surface area contributed by atoms with Crippen LogP contribution in [0.15, 0.2) is 15.2 Å². The molecule has 0 saturated heterocycles. The van der Waals surface area contributed by atoms with E-state index >= 15 is 0 Å². The van der Waals surface area contributed by atoms with Gasteiger partial charge >= 0.3 is 0 Å². The lowest BCUT2D eigenvalue weighted by Gasteiger charge is -2.17. The molecule has 0 fully saturated rings. The lowest BCUT2D eigenvalue weighted by molar-refractivity contribution is 0.717. The normalized spacial score (nSPS) is 10.8. The third-order valence-corrected chi connectivity index (χ3v) is 4.30. The molecule has 0 aliphatic carbocycles. The minimum absolute atomic E-state index is 0.667. The fourth-order valence-electron chi connectivity index (χ4n) is 1.66. The van der Waals surface area contributed by atoms with E-state index in [9.17, 15) is 0 Å². The first-order valence-electron chi connectivity index (χ1n) is 5.21. The minimum Gasteiger partial charge on any atom is -0.340 e. The summed E-state index contributed by atoms with van der Waals surface area (Å²) >= 11 is 10.3. The Labute approximate surface area is 117 Å². The van der Waals surface area contributed by atoms with Gasteiger partial charge in [0.1, 0.15) is 0 Å². The van der Waals surface area contributed by atoms with Crippen molar-refractivity contribution in [3.63, 3.8) is 0 Å². The molecule has 17 heavy (non-hydrogen) atoms. The van der Waals surface area contributed by atoms with E-state index in [4.69, 9.17) is 12.2 Å². The van der Waals surface area contributed by atoms with E-state index in [1.807, 2.05) is 11.6 Å². The van der Waals surface area contributed by atoms with Gasteiger partial charge in [-0.2, -0.15) is 0 Å². The molecule has 0 spiro atoms. The van der Waals surface area contributed by atoms with Crippen molar-refractivity contribution in [3.8, 4) is 0 Å². The van der Waals surface area contributed by atoms with Crippen LogP contribution < -0.4 is 4.90 Å². The molecule has 0 aromatic carbocycles. The fraction of sp³-hybridized carbons (Fsp3) is 0.400. The molecule has 0 unspecified atom stereocenters. The molecule has 0 radical (unpaired) electrons. The second-order valence-electron chi connectivity index (χ2n) is 3.69. The van der Waals surface area contributed by atoms with Crippen molar-refractivity contribution >= 4 is 45.4 Å². The fourth-order valence-corrected chi connectivity index (χ4v) is 3.12. The summed E-state index contributed by atoms with van der Waals surface area (Å²) in [5, 5.41) is 9.22. The van der Waals surface area contributed by atoms with Gasteiger partial charge < -0.3 is 4.90 Å². The van der Waals surface area contributed by atoms with Crippen LogP contribution in [0.1, 0.15) is 12.5 Å². The van der Waals surface area contributed by atoms with Crippen LogP contribution >= 0.6 is 39.5 Å². The lowest BCUT2D eigenvalue weighted by atomic mass is 10.3. The van der Waals surface area contributed by atoms with Crippen LogP contribution in [0.4, 0.5) is 5.95 Å². The Hall–Kier alpha value is -0.660. The molecule has 92 valence electrons. The molecule has 0 atom stereocenters. The van der Waals surface area contributed by atoms with Gasteiger partial charge in [0.2, 0.25) is 5.95 Å². The molecule has 2 rings (SSSR count). The van der Waals surface area contributed by atoms with Gasteiger partial charge in [0.15, 0.2) is 4.77 Å². The van der Waals surface area contributed by atoms with E-state index in [1.165, 1.54) is 5.56 Å². The quantitative estimate of drug-likeness (QED) is 0.871. The van der Waals surface area contributed by atoms with E-state index < -0.39 is 0 Å². The van der Waals surface area contributed by atoms with Crippen LogP contribution in [0, 0.1) is 4.77 Å². The number of hydrogen-bond donors (Lipinski definition) is 1. The zero-order chi connectivity index (χ0) is 12.4. The average Bonchev–Trinajstić information content (AvgIpc) is 2.84. The molecule has 0 bridgehead atoms. The molecule has 2 aromatic heterocycles. The highest BCUT2D eigenvalue weighted by Crippen LogP contribution is 2.22. The van der Waals surface area contributed by atoms with Crippen molar-refractivity contribution in [1.82, 2.24) is 14.8 Å². The highest BCUT2D eigenvalue weighted by molar-refractivity contribution is 9.11. The summed E-state index contributed by atoms with van der Waals surface area (Å²) < 4.78 is 3.80. The summed E-state index contributed by atoms with van der Waals surface area (Å²) in [6.07, 6.45) is 0. The Morgan fingerprint density at radius 3 is 3.00 bits per heavy atom. The largest absolute Gasteiger partial charge is 0.340 e. The number of anilines is 1. The summed E-state index contributed by atoms with van der Waals surface area (Å²) in [5.41, 5.74) is 1.26. The van der Waals surface area contributed by atoms with Gasteiger partial charge in [0.05, 0.1) is 3.79 Å². The van der Waals surface area contributed by atoms with Crippen molar-refractivity contribution in [2.75, 3.05) is 11.9 Å². The van der Waals surface area contributed by atoms with E-state index in [-0.39, 0.29) is 0 Å². The monoisotopic (exact) mass is 332 g/mol. The first-order valence-corrected chi connectivity index (χ1v) is 7.29. The predicted molar refractivity (Wildman–Crippen MR) is 77.2 cm³/mol. The van der Waals surface area contributed by atoms with E-state index in [1.54, 1.807) is 11.3 Å². The Balaban J connectivity index is 2.19. The van der Waals surface area contributed by atoms with Crippen LogP contribution in [0.25, 0.3) is 0 Å². The number of nitrogens with one attached hydrogen (secondary N) is 1. The molecular formula is C10H13BrN4S2. The van der Waals surface area contributed by atoms with E-state index in [0.717, 1.165) is 22.8 Å². The minimum atomic E-state index is 0.667. The van der Waals surface area contributed by atoms with Crippen LogP contribution in [0.3, 0.4) is 0 Å². The number of thiophene rings is 1. The third kappa shape index (κ3) is 2.78. The summed E-state index contributed by atoms with van der Waals surface area (Å²) in [6, 6.07) is 2.12. The predicted octanol–water partition coefficient (Wildman–Crippen LogP) is 3.42. The highest BCUT2D eigenvalue weighted by Gasteiger charge is 2.10. The van der Waals surface area contributed by atoms with Gasteiger partial charge in [-0.15, -0.1) is 16.4 Å². The number of H-pyrrole nitrogens is 1. The van der Waals surface area contributed by atoms with Crippen LogP contribution in [-0.4, -0.2) is 21.8 Å². The van der Waals surface area contributed by atoms with Crippen molar-refractivity contribution in [2.45, 2.75) is 20.0 Å². The van der Waals surface area contributed by atoms with Gasteiger partial charge in [-0.3, -0.25) is 4.57 Å². The second kappa shape index (κ2) is 5.32. The van der Waals surface area contributed by atoms with Crippen LogP contribution in [-0.2, 0) is 13.1 Å². The van der Waals surface area contributed by atoms with Gasteiger partial charge in [0, 0.05) is 20.1 Å². The van der Waals surface area contributed by atoms with E-state index in [0.29, 0.717) is 4.77 Å². The van der Waals surface area contributed by atoms with Gasteiger partial charge in [-0.1, -0.05) is 0 Å². The molecule has 7 heteroatoms. The molecular weight excluding hydrogens is 320 g/mol. The molecule has 2 heterocycles. The summed E-state index contributed by atoms with van der Waals surface area (Å²) in [5.74, 6) is 0.875. The standard InChI is InChI=1S/C10H13BrN4S2/c1-3-15-9(12-13-10(15)16)14(2)5-7-4-8(11)17-6-7/h4,6H,3,5H2,1-2H3,(H,13,16). The highest BCUT2D eigenvalue weighted by atomic mass is 79.9. The van der Waals surface area contributed by atoms with Crippen LogP contribution in [0.2, 0.25) is 0 Å². The SMILES string of the molecule is CCn1c(N(C)Cc2csc(Br)c2)n[nH]c1=S. The first-order chi connectivity index (χ1) is 8.11. The summed E-state index contributed by atoms with van der Waals surface area (Å²) in [6.45, 7) is 3.70. The molecule has 0 amide bonds. The van der Waals surface area contributed by atoms with E-state index in [2.05, 4.69) is 49.4 Å². The number of aromatic nitrogens is 3. The van der Waals surface area contributed by atoms with Crippen molar-refractivity contribution < 1.29 is 0 Å². The number of halogens is 1. The number of rotatable bonds is 4. The zero-order valence-electron chi connectivity index (χ0n) is 9.61. The molecule has 0 aliphatic heterocycles. The maximum atomic E-state index is 5.17. The van der Waals surface area contributed by atoms with Crippen LogP contribution in [0.5, 0.6) is 0 Å². The lowest BCUT2D eigenvalue weighted by Crippen LogP contribution is -2.20. The topological polar surface area (TPSA) is 36.9 Å². The number of hydrogen-bond acceptors (Lipinski definition) is 4. The van der Waals surface area contributed by atoms with Gasteiger partial charge in [-0.25, -0.2) is 5.10 Å². The Morgan fingerprint density at radius 2 is 2.41 bits per heavy atom. The maximum Gasteiger partial charge on any atom is 0.225 e. The van der Waals surface area contributed by atoms with Crippen molar-refractivity contribution in [1.29, 1.82) is 0 Å². The smallest absolute Gasteiger partial charge is 0.225 e. The number of nitrogens with zero attached hydrogens (tertiary/aromatic N) is 3. The molecule has 0 saturated carbocycles. The number of aromatic amines is 1. The third-order valence-electron chi connectivity index (χ3n) is 2.44. The summed E-state index contributed by atoms with van der Waals surface area (Å²) in [4.78, 5) is 2.09. The molecule has 1 N–H and O–H groups in total. The average molecular weight is 333 g/mol. The van der Waals surface area contributed by atoms with Gasteiger partial charge in [-0.05, 0) is 52.1 Å². The molecule has 2 aromatic rings. The Kier molecular flexibility index (Phi) is 4.01. The second-order valence-corrected chi connectivity index (χ2v) is 6.37. The summed E-state index contributed by atoms with van der Waals surface area (Å²) in [7, 11) is 2.02. The molecule has 0 aliphatic rings. The first kappa shape index (κ1) is 12.8. The van der Waals surface area contributed by atoms with Crippen molar-refractivity contribution in [3.05, 3.63) is 25.6 Å². The maximum absolute atomic E-state index is 5.17. The van der Waals surface area contributed by atoms with Crippen molar-refractivity contribution in [2.24, 2.45) is 0 Å².